The summed E-state index contributed by atoms with van der Waals surface area (Å²) in [6.07, 6.45) is 5.28. The molecule has 0 radical (unpaired) electrons. The molecule has 4 aliphatic rings. The van der Waals surface area contributed by atoms with Crippen LogP contribution >= 0.6 is 22.7 Å². The largest absolute Gasteiger partial charge is 0.386 e. The zero-order valence-corrected chi connectivity index (χ0v) is 40.1. The fraction of sp³-hybridized carbons (Fsp3) is 0.535. The van der Waals surface area contributed by atoms with Crippen molar-refractivity contribution < 1.29 is 35.5 Å². The number of rotatable bonds is 15. The Kier molecular flexibility index (Phi) is 14.0. The van der Waals surface area contributed by atoms with E-state index in [1.165, 1.54) is 50.4 Å². The second kappa shape index (κ2) is 18.5. The average molecular weight is 949 g/mol. The highest BCUT2D eigenvalue weighted by molar-refractivity contribution is 7.91. The molecule has 2 saturated carbocycles. The molecule has 4 fully saturated rings. The van der Waals surface area contributed by atoms with Gasteiger partial charge in [-0.1, -0.05) is 36.4 Å². The van der Waals surface area contributed by atoms with E-state index < -0.39 is 41.3 Å². The van der Waals surface area contributed by atoms with E-state index in [-0.39, 0.29) is 31.2 Å². The predicted octanol–water partition coefficient (Wildman–Crippen LogP) is 4.89. The van der Waals surface area contributed by atoms with E-state index >= 15 is 0 Å². The van der Waals surface area contributed by atoms with Gasteiger partial charge in [-0.25, -0.2) is 25.3 Å². The Morgan fingerprint density at radius 2 is 1.08 bits per heavy atom. The van der Waals surface area contributed by atoms with Gasteiger partial charge in [-0.15, -0.1) is 22.7 Å². The number of piperazine rings is 2. The molecule has 0 unspecified atom stereocenters. The smallest absolute Gasteiger partial charge is 0.252 e. The number of sulfonamides is 3. The van der Waals surface area contributed by atoms with Crippen LogP contribution in [0.25, 0.3) is 0 Å². The lowest BCUT2D eigenvalue weighted by Gasteiger charge is -2.43. The highest BCUT2D eigenvalue weighted by Gasteiger charge is 2.42. The maximum atomic E-state index is 13.2. The van der Waals surface area contributed by atoms with Crippen molar-refractivity contribution in [1.29, 1.82) is 0 Å². The van der Waals surface area contributed by atoms with Gasteiger partial charge in [-0.3, -0.25) is 0 Å². The molecule has 2 aliphatic heterocycles. The monoisotopic (exact) mass is 948 g/mol. The summed E-state index contributed by atoms with van der Waals surface area (Å²) in [6.45, 7) is 10.5. The lowest BCUT2D eigenvalue weighted by atomic mass is 9.98. The van der Waals surface area contributed by atoms with Crippen LogP contribution in [-0.4, -0.2) is 131 Å². The Labute approximate surface area is 375 Å². The summed E-state index contributed by atoms with van der Waals surface area (Å²) in [7, 11) is -10.5. The fourth-order valence-corrected chi connectivity index (χ4v) is 14.4. The highest BCUT2D eigenvalue weighted by Crippen LogP contribution is 2.34. The number of hydrogen-bond acceptors (Lipinski definition) is 13. The van der Waals surface area contributed by atoms with Gasteiger partial charge in [0.25, 0.3) is 20.0 Å². The van der Waals surface area contributed by atoms with Crippen molar-refractivity contribution >= 4 is 64.1 Å². The molecule has 0 amide bonds. The standard InChI is InChI=1S/C22H31N3O5S3.C21H29N3O3S2/c1-22(2,26)17-6-8-18(9-7-17)24-13-12-23(33(29,30)21-5-4-14-31-21)15-20(24)16-25(19-10-11-19)32(3,27)28;1-21(2,25)16-5-9-18(10-6-16)24-12-11-23(15-19(24)14-22-17-7-8-17)29(26,27)20-4-3-13-28-20/h4-9,14,19-20,26H,10-13,15-16H2,1-3H3;3-6,9-10,13,17,19,22,25H,7-8,11-12,14-15H2,1-2H3/t20-;19-/m10/s1. The number of nitrogens with one attached hydrogen (secondary N) is 1. The zero-order valence-electron chi connectivity index (χ0n) is 36.0. The topological polar surface area (TPSA) is 171 Å². The Bertz CT molecular complexity index is 2430. The van der Waals surface area contributed by atoms with Crippen LogP contribution in [0.2, 0.25) is 0 Å². The van der Waals surface area contributed by atoms with Crippen molar-refractivity contribution in [2.24, 2.45) is 0 Å². The molecule has 62 heavy (non-hydrogen) atoms. The lowest BCUT2D eigenvalue weighted by Crippen LogP contribution is -2.59. The number of benzene rings is 2. The third kappa shape index (κ3) is 11.3. The molecule has 340 valence electrons. The predicted molar refractivity (Wildman–Crippen MR) is 247 cm³/mol. The molecule has 4 heterocycles. The van der Waals surface area contributed by atoms with Gasteiger partial charge >= 0.3 is 0 Å². The minimum atomic E-state index is -3.64. The number of nitrogens with zero attached hydrogens (tertiary/aromatic N) is 5. The summed E-state index contributed by atoms with van der Waals surface area (Å²) in [5, 5.41) is 27.6. The normalized spacial score (nSPS) is 21.2. The second-order valence-corrected chi connectivity index (χ2v) is 25.9. The van der Waals surface area contributed by atoms with Crippen molar-refractivity contribution in [3.8, 4) is 0 Å². The van der Waals surface area contributed by atoms with Crippen LogP contribution in [0.15, 0.2) is 92.0 Å². The summed E-state index contributed by atoms with van der Waals surface area (Å²) in [5.41, 5.74) is 1.74. The molecule has 19 heteroatoms. The molecule has 3 N–H and O–H groups in total. The first-order valence-electron chi connectivity index (χ1n) is 21.1. The quantitative estimate of drug-likeness (QED) is 0.148. The minimum absolute atomic E-state index is 0.0105. The molecule has 14 nitrogen and oxygen atoms in total. The minimum Gasteiger partial charge on any atom is -0.386 e. The summed E-state index contributed by atoms with van der Waals surface area (Å²) < 4.78 is 82.7. The Morgan fingerprint density at radius 1 is 0.645 bits per heavy atom. The van der Waals surface area contributed by atoms with Crippen molar-refractivity contribution in [1.82, 2.24) is 18.2 Å². The summed E-state index contributed by atoms with van der Waals surface area (Å²) in [6, 6.07) is 22.6. The van der Waals surface area contributed by atoms with Gasteiger partial charge in [0.1, 0.15) is 8.42 Å². The third-order valence-corrected chi connectivity index (χ3v) is 19.6. The zero-order chi connectivity index (χ0) is 44.7. The van der Waals surface area contributed by atoms with E-state index in [1.807, 2.05) is 48.5 Å². The number of anilines is 2. The van der Waals surface area contributed by atoms with Gasteiger partial charge in [-0.05, 0) is 112 Å². The molecule has 2 aliphatic carbocycles. The molecule has 2 aromatic carbocycles. The van der Waals surface area contributed by atoms with Gasteiger partial charge in [0.2, 0.25) is 10.0 Å². The maximum Gasteiger partial charge on any atom is 0.252 e. The molecule has 0 bridgehead atoms. The summed E-state index contributed by atoms with van der Waals surface area (Å²) in [5.74, 6) is 0. The number of aliphatic hydroxyl groups is 2. The van der Waals surface area contributed by atoms with Crippen LogP contribution in [0.5, 0.6) is 0 Å². The van der Waals surface area contributed by atoms with E-state index in [0.717, 1.165) is 41.9 Å². The van der Waals surface area contributed by atoms with Gasteiger partial charge in [0.05, 0.1) is 29.5 Å². The van der Waals surface area contributed by atoms with Gasteiger partial charge in [-0.2, -0.15) is 12.9 Å². The second-order valence-electron chi connectivity index (χ2n) is 17.7. The van der Waals surface area contributed by atoms with Crippen molar-refractivity contribution in [2.75, 3.05) is 68.4 Å². The first kappa shape index (κ1) is 47.0. The van der Waals surface area contributed by atoms with Crippen LogP contribution in [0, 0.1) is 0 Å². The highest BCUT2D eigenvalue weighted by atomic mass is 32.3. The van der Waals surface area contributed by atoms with Crippen molar-refractivity contribution in [3.63, 3.8) is 0 Å². The average Bonchev–Trinajstić information content (AvgIpc) is 4.11. The van der Waals surface area contributed by atoms with Crippen LogP contribution in [-0.2, 0) is 41.3 Å². The van der Waals surface area contributed by atoms with E-state index in [2.05, 4.69) is 15.1 Å². The number of hydrogen-bond donors (Lipinski definition) is 3. The van der Waals surface area contributed by atoms with Gasteiger partial charge < -0.3 is 25.3 Å². The Balaban J connectivity index is 0.000000188. The van der Waals surface area contributed by atoms with Crippen LogP contribution in [0.1, 0.15) is 64.5 Å². The van der Waals surface area contributed by atoms with Crippen LogP contribution in [0.3, 0.4) is 0 Å². The maximum absolute atomic E-state index is 13.2. The van der Waals surface area contributed by atoms with Crippen LogP contribution in [0.4, 0.5) is 11.4 Å². The Morgan fingerprint density at radius 3 is 1.45 bits per heavy atom. The number of thiophene rings is 2. The summed E-state index contributed by atoms with van der Waals surface area (Å²) in [4.78, 5) is 4.39. The molecule has 0 spiro atoms. The SMILES string of the molecule is CC(C)(O)c1ccc(N2CCN(S(=O)(=O)c3cccs3)C[C@@H]2CN(C2CC2)S(C)(=O)=O)cc1.CC(C)(O)c1ccc(N2CCN(S(=O)(=O)c3cccs3)C[C@@H]2CNC2CC2)cc1. The molecule has 2 atom stereocenters. The van der Waals surface area contributed by atoms with Gasteiger partial charge in [0.15, 0.2) is 0 Å². The summed E-state index contributed by atoms with van der Waals surface area (Å²) >= 11 is 2.46. The lowest BCUT2D eigenvalue weighted by molar-refractivity contribution is 0.0780. The first-order chi connectivity index (χ1) is 29.1. The van der Waals surface area contributed by atoms with Crippen molar-refractivity contribution in [3.05, 3.63) is 94.7 Å². The molecular formula is C43H60N6O8S5. The Hall–Kier alpha value is -2.95. The molecular weight excluding hydrogens is 889 g/mol. The fourth-order valence-electron chi connectivity index (χ4n) is 8.01. The third-order valence-electron chi connectivity index (χ3n) is 11.9. The van der Waals surface area contributed by atoms with E-state index in [1.54, 1.807) is 67.0 Å². The van der Waals surface area contributed by atoms with E-state index in [4.69, 9.17) is 0 Å². The molecule has 2 saturated heterocycles. The molecule has 8 rings (SSSR count). The molecule has 4 aromatic rings. The van der Waals surface area contributed by atoms with Crippen LogP contribution < -0.4 is 15.1 Å². The van der Waals surface area contributed by atoms with E-state index in [9.17, 15) is 35.5 Å². The van der Waals surface area contributed by atoms with Crippen molar-refractivity contribution in [2.45, 2.75) is 97.2 Å². The van der Waals surface area contributed by atoms with Gasteiger partial charge in [0, 0.05) is 75.8 Å². The molecule has 2 aromatic heterocycles. The first-order valence-corrected chi connectivity index (χ1v) is 27.6. The van der Waals surface area contributed by atoms with E-state index in [0.29, 0.717) is 47.2 Å².